The van der Waals surface area contributed by atoms with Gasteiger partial charge in [-0.15, -0.1) is 0 Å². The molecular formula is C13H16O3. The van der Waals surface area contributed by atoms with Crippen molar-refractivity contribution in [2.24, 2.45) is 0 Å². The largest absolute Gasteiger partial charge is 0.425 e. The van der Waals surface area contributed by atoms with E-state index in [4.69, 9.17) is 9.47 Å². The third kappa shape index (κ3) is 2.83. The van der Waals surface area contributed by atoms with Gasteiger partial charge in [0.25, 0.3) is 0 Å². The molecule has 0 amide bonds. The van der Waals surface area contributed by atoms with E-state index in [1.165, 1.54) is 0 Å². The first-order valence-corrected chi connectivity index (χ1v) is 5.73. The molecule has 0 N–H and O–H groups in total. The molecule has 0 spiro atoms. The Morgan fingerprint density at radius 2 is 2.12 bits per heavy atom. The number of carbonyl (C=O) groups is 1. The van der Waals surface area contributed by atoms with Crippen molar-refractivity contribution in [1.82, 2.24) is 0 Å². The summed E-state index contributed by atoms with van der Waals surface area (Å²) in [7, 11) is 0. The van der Waals surface area contributed by atoms with E-state index in [-0.39, 0.29) is 18.2 Å². The van der Waals surface area contributed by atoms with Gasteiger partial charge in [-0.2, -0.15) is 0 Å². The van der Waals surface area contributed by atoms with E-state index in [1.54, 1.807) is 12.1 Å². The first-order valence-electron chi connectivity index (χ1n) is 5.73. The molecule has 1 aromatic carbocycles. The van der Waals surface area contributed by atoms with Gasteiger partial charge >= 0.3 is 5.97 Å². The Morgan fingerprint density at radius 3 is 2.81 bits per heavy atom. The highest BCUT2D eigenvalue weighted by Crippen LogP contribution is 2.28. The second-order valence-electron chi connectivity index (χ2n) is 3.97. The molecule has 2 rings (SSSR count). The summed E-state index contributed by atoms with van der Waals surface area (Å²) in [6, 6.07) is 9.09. The van der Waals surface area contributed by atoms with Crippen LogP contribution in [-0.4, -0.2) is 18.2 Å². The molecule has 0 unspecified atom stereocenters. The maximum absolute atomic E-state index is 11.6. The maximum atomic E-state index is 11.6. The smallest absolute Gasteiger partial charge is 0.343 e. The van der Waals surface area contributed by atoms with Crippen LogP contribution in [0.4, 0.5) is 0 Å². The fourth-order valence-electron chi connectivity index (χ4n) is 1.64. The van der Waals surface area contributed by atoms with Crippen molar-refractivity contribution in [2.75, 3.05) is 0 Å². The topological polar surface area (TPSA) is 38.8 Å². The SMILES string of the molecule is CCCC[C@H]1O[C@@H]1C(=O)Oc1ccccc1. The number of benzene rings is 1. The minimum atomic E-state index is -0.341. The Hall–Kier alpha value is -1.35. The summed E-state index contributed by atoms with van der Waals surface area (Å²) in [5.41, 5.74) is 0. The predicted molar refractivity (Wildman–Crippen MR) is 60.3 cm³/mol. The first kappa shape index (κ1) is 11.1. The zero-order valence-corrected chi connectivity index (χ0v) is 9.39. The molecule has 0 bridgehead atoms. The normalized spacial score (nSPS) is 22.8. The molecule has 1 heterocycles. The van der Waals surface area contributed by atoms with Crippen molar-refractivity contribution in [3.8, 4) is 5.75 Å². The van der Waals surface area contributed by atoms with Crippen LogP contribution in [0.1, 0.15) is 26.2 Å². The molecular weight excluding hydrogens is 204 g/mol. The number of para-hydroxylation sites is 1. The lowest BCUT2D eigenvalue weighted by molar-refractivity contribution is -0.135. The molecule has 0 radical (unpaired) electrons. The van der Waals surface area contributed by atoms with Crippen molar-refractivity contribution >= 4 is 5.97 Å². The molecule has 0 saturated carbocycles. The van der Waals surface area contributed by atoms with Gasteiger partial charge in [-0.25, -0.2) is 4.79 Å². The highest BCUT2D eigenvalue weighted by Gasteiger charge is 2.45. The van der Waals surface area contributed by atoms with E-state index >= 15 is 0 Å². The highest BCUT2D eigenvalue weighted by atomic mass is 16.6. The average molecular weight is 220 g/mol. The van der Waals surface area contributed by atoms with Crippen molar-refractivity contribution in [2.45, 2.75) is 38.4 Å². The molecule has 2 atom stereocenters. The van der Waals surface area contributed by atoms with Gasteiger partial charge in [0, 0.05) is 0 Å². The van der Waals surface area contributed by atoms with Crippen LogP contribution in [0, 0.1) is 0 Å². The standard InChI is InChI=1S/C13H16O3/c1-2-3-9-11-12(16-11)13(14)15-10-7-5-4-6-8-10/h4-8,11-12H,2-3,9H2,1H3/t11-,12+/m1/s1. The van der Waals surface area contributed by atoms with Crippen molar-refractivity contribution in [1.29, 1.82) is 0 Å². The fraction of sp³-hybridized carbons (Fsp3) is 0.462. The van der Waals surface area contributed by atoms with E-state index in [0.717, 1.165) is 19.3 Å². The van der Waals surface area contributed by atoms with Gasteiger partial charge in [0.2, 0.25) is 0 Å². The van der Waals surface area contributed by atoms with Crippen molar-refractivity contribution in [3.05, 3.63) is 30.3 Å². The second kappa shape index (κ2) is 5.12. The molecule has 1 aliphatic rings. The summed E-state index contributed by atoms with van der Waals surface area (Å²) in [4.78, 5) is 11.6. The van der Waals surface area contributed by atoms with Crippen molar-refractivity contribution in [3.63, 3.8) is 0 Å². The average Bonchev–Trinajstić information content (AvgIpc) is 3.07. The molecule has 1 fully saturated rings. The van der Waals surface area contributed by atoms with Gasteiger partial charge in [0.05, 0.1) is 6.10 Å². The number of hydrogen-bond donors (Lipinski definition) is 0. The van der Waals surface area contributed by atoms with Crippen LogP contribution in [0.3, 0.4) is 0 Å². The van der Waals surface area contributed by atoms with Gasteiger partial charge in [-0.05, 0) is 18.6 Å². The number of epoxide rings is 1. The van der Waals surface area contributed by atoms with Crippen LogP contribution in [0.15, 0.2) is 30.3 Å². The van der Waals surface area contributed by atoms with Gasteiger partial charge in [0.15, 0.2) is 6.10 Å². The van der Waals surface area contributed by atoms with Crippen LogP contribution >= 0.6 is 0 Å². The van der Waals surface area contributed by atoms with E-state index in [0.29, 0.717) is 5.75 Å². The third-order valence-corrected chi connectivity index (χ3v) is 2.62. The van der Waals surface area contributed by atoms with Gasteiger partial charge < -0.3 is 9.47 Å². The second-order valence-corrected chi connectivity index (χ2v) is 3.97. The molecule has 1 aromatic rings. The Labute approximate surface area is 95.4 Å². The highest BCUT2D eigenvalue weighted by molar-refractivity contribution is 5.80. The molecule has 1 aliphatic heterocycles. The van der Waals surface area contributed by atoms with Gasteiger partial charge in [0.1, 0.15) is 5.75 Å². The molecule has 1 saturated heterocycles. The maximum Gasteiger partial charge on any atom is 0.343 e. The number of ether oxygens (including phenoxy) is 2. The summed E-state index contributed by atoms with van der Waals surface area (Å²) in [5.74, 6) is 0.310. The molecule has 86 valence electrons. The molecule has 16 heavy (non-hydrogen) atoms. The number of esters is 1. The lowest BCUT2D eigenvalue weighted by Gasteiger charge is -2.00. The summed E-state index contributed by atoms with van der Waals surface area (Å²) in [5, 5.41) is 0. The van der Waals surface area contributed by atoms with Gasteiger partial charge in [-0.1, -0.05) is 38.0 Å². The van der Waals surface area contributed by atoms with Crippen molar-refractivity contribution < 1.29 is 14.3 Å². The minimum Gasteiger partial charge on any atom is -0.425 e. The Morgan fingerprint density at radius 1 is 1.38 bits per heavy atom. The summed E-state index contributed by atoms with van der Waals surface area (Å²) in [6.07, 6.45) is 2.91. The summed E-state index contributed by atoms with van der Waals surface area (Å²) in [6.45, 7) is 2.12. The molecule has 3 nitrogen and oxygen atoms in total. The number of rotatable bonds is 5. The Bertz CT molecular complexity index is 347. The molecule has 0 aliphatic carbocycles. The van der Waals surface area contributed by atoms with Crippen LogP contribution in [0.25, 0.3) is 0 Å². The fourth-order valence-corrected chi connectivity index (χ4v) is 1.64. The van der Waals surface area contributed by atoms with Gasteiger partial charge in [-0.3, -0.25) is 0 Å². The predicted octanol–water partition coefficient (Wildman–Crippen LogP) is 2.55. The number of unbranched alkanes of at least 4 members (excludes halogenated alkanes) is 1. The molecule has 0 aromatic heterocycles. The van der Waals surface area contributed by atoms with Crippen LogP contribution in [-0.2, 0) is 9.53 Å². The number of carbonyl (C=O) groups excluding carboxylic acids is 1. The summed E-state index contributed by atoms with van der Waals surface area (Å²) >= 11 is 0. The Balaban J connectivity index is 1.78. The van der Waals surface area contributed by atoms with E-state index in [2.05, 4.69) is 6.92 Å². The van der Waals surface area contributed by atoms with Crippen LogP contribution in [0.5, 0.6) is 5.75 Å². The first-order chi connectivity index (χ1) is 7.81. The summed E-state index contributed by atoms with van der Waals surface area (Å²) < 4.78 is 10.5. The zero-order chi connectivity index (χ0) is 11.4. The minimum absolute atomic E-state index is 0.0798. The molecule has 3 heteroatoms. The lowest BCUT2D eigenvalue weighted by atomic mass is 10.1. The van der Waals surface area contributed by atoms with E-state index in [9.17, 15) is 4.79 Å². The lowest BCUT2D eigenvalue weighted by Crippen LogP contribution is -2.17. The Kier molecular flexibility index (Phi) is 3.57. The number of hydrogen-bond acceptors (Lipinski definition) is 3. The van der Waals surface area contributed by atoms with Crippen LogP contribution in [0.2, 0.25) is 0 Å². The third-order valence-electron chi connectivity index (χ3n) is 2.62. The zero-order valence-electron chi connectivity index (χ0n) is 9.39. The van der Waals surface area contributed by atoms with E-state index < -0.39 is 0 Å². The van der Waals surface area contributed by atoms with Crippen LogP contribution < -0.4 is 4.74 Å². The quantitative estimate of drug-likeness (QED) is 0.435. The monoisotopic (exact) mass is 220 g/mol. The van der Waals surface area contributed by atoms with E-state index in [1.807, 2.05) is 18.2 Å².